The fourth-order valence-electron chi connectivity index (χ4n) is 2.73. The number of hydrogen-bond donors (Lipinski definition) is 1. The molecule has 4 aromatic rings. The van der Waals surface area contributed by atoms with Crippen molar-refractivity contribution in [1.29, 1.82) is 0 Å². The number of para-hydroxylation sites is 1. The van der Waals surface area contributed by atoms with E-state index in [1.807, 2.05) is 72.4 Å². The number of aryl methyl sites for hydroxylation is 1. The Morgan fingerprint density at radius 2 is 1.93 bits per heavy atom. The van der Waals surface area contributed by atoms with Gasteiger partial charge in [-0.15, -0.1) is 11.8 Å². The van der Waals surface area contributed by atoms with Gasteiger partial charge in [-0.2, -0.15) is 0 Å². The lowest BCUT2D eigenvalue weighted by atomic mass is 10.2. The first-order valence-corrected chi connectivity index (χ1v) is 11.3. The van der Waals surface area contributed by atoms with E-state index in [0.717, 1.165) is 27.0 Å². The fraction of sp³-hybridized carbons (Fsp3) is 0.136. The minimum absolute atomic E-state index is 0.0559. The molecule has 0 atom stereocenters. The summed E-state index contributed by atoms with van der Waals surface area (Å²) < 4.78 is 7.49. The Bertz CT molecular complexity index is 1120. The van der Waals surface area contributed by atoms with Crippen LogP contribution in [0.25, 0.3) is 11.5 Å². The molecule has 0 aliphatic heterocycles. The summed E-state index contributed by atoms with van der Waals surface area (Å²) in [6.45, 7) is 0. The highest BCUT2D eigenvalue weighted by Crippen LogP contribution is 2.32. The van der Waals surface area contributed by atoms with Crippen LogP contribution in [-0.2, 0) is 17.6 Å². The van der Waals surface area contributed by atoms with Crippen LogP contribution in [0, 0.1) is 0 Å². The summed E-state index contributed by atoms with van der Waals surface area (Å²) in [5, 5.41) is 3.87. The lowest BCUT2D eigenvalue weighted by Gasteiger charge is -2.10. The zero-order valence-electron chi connectivity index (χ0n) is 16.3. The van der Waals surface area contributed by atoms with Crippen molar-refractivity contribution in [2.24, 2.45) is 7.05 Å². The Balaban J connectivity index is 1.31. The fourth-order valence-corrected chi connectivity index (χ4v) is 4.32. The molecule has 152 valence electrons. The molecule has 0 aliphatic rings. The average molecular weight is 437 g/mol. The third kappa shape index (κ3) is 5.14. The van der Waals surface area contributed by atoms with E-state index < -0.39 is 0 Å². The highest BCUT2D eigenvalue weighted by Gasteiger charge is 2.11. The highest BCUT2D eigenvalue weighted by molar-refractivity contribution is 7.99. The van der Waals surface area contributed by atoms with Gasteiger partial charge in [0, 0.05) is 35.7 Å². The first kappa shape index (κ1) is 20.3. The molecule has 2 aromatic carbocycles. The number of nitrogens with zero attached hydrogens (tertiary/aromatic N) is 3. The molecule has 30 heavy (non-hydrogen) atoms. The van der Waals surface area contributed by atoms with Gasteiger partial charge in [-0.25, -0.2) is 9.97 Å². The lowest BCUT2D eigenvalue weighted by Crippen LogP contribution is -2.14. The second kappa shape index (κ2) is 9.69. The van der Waals surface area contributed by atoms with Crippen LogP contribution in [0.2, 0.25) is 0 Å². The quantitative estimate of drug-likeness (QED) is 0.414. The number of rotatable bonds is 8. The number of oxazole rings is 1. The van der Waals surface area contributed by atoms with Crippen LogP contribution in [0.15, 0.2) is 87.7 Å². The molecule has 0 bridgehead atoms. The number of carbonyl (C=O) groups excluding carboxylic acids is 1. The van der Waals surface area contributed by atoms with Gasteiger partial charge < -0.3 is 14.3 Å². The van der Waals surface area contributed by atoms with Crippen molar-refractivity contribution in [2.75, 3.05) is 11.1 Å². The van der Waals surface area contributed by atoms with Gasteiger partial charge in [0.1, 0.15) is 6.26 Å². The molecule has 0 unspecified atom stereocenters. The van der Waals surface area contributed by atoms with Crippen molar-refractivity contribution in [1.82, 2.24) is 14.5 Å². The van der Waals surface area contributed by atoms with Gasteiger partial charge >= 0.3 is 0 Å². The Hall–Kier alpha value is -2.97. The molecule has 1 N–H and O–H groups in total. The molecule has 2 heterocycles. The van der Waals surface area contributed by atoms with Crippen LogP contribution in [0.3, 0.4) is 0 Å². The van der Waals surface area contributed by atoms with Crippen LogP contribution >= 0.6 is 23.5 Å². The van der Waals surface area contributed by atoms with Crippen LogP contribution in [-0.4, -0.2) is 26.2 Å². The summed E-state index contributed by atoms with van der Waals surface area (Å²) in [7, 11) is 1.94. The summed E-state index contributed by atoms with van der Waals surface area (Å²) in [5.41, 5.74) is 2.54. The third-order valence-corrected chi connectivity index (χ3v) is 6.31. The molecule has 4 rings (SSSR count). The van der Waals surface area contributed by atoms with Crippen LogP contribution in [0.4, 0.5) is 5.69 Å². The SMILES string of the molecule is Cn1ccnc1Sc1ccccc1NC(=O)CSCc1coc(-c2ccccc2)n1. The normalized spacial score (nSPS) is 10.8. The summed E-state index contributed by atoms with van der Waals surface area (Å²) in [6, 6.07) is 17.5. The second-order valence-corrected chi connectivity index (χ2v) is 8.46. The van der Waals surface area contributed by atoms with E-state index in [1.165, 1.54) is 23.5 Å². The largest absolute Gasteiger partial charge is 0.444 e. The molecule has 0 spiro atoms. The third-order valence-electron chi connectivity index (χ3n) is 4.19. The highest BCUT2D eigenvalue weighted by atomic mass is 32.2. The number of amides is 1. The molecule has 0 radical (unpaired) electrons. The van der Waals surface area contributed by atoms with Gasteiger partial charge in [0.05, 0.1) is 17.1 Å². The average Bonchev–Trinajstić information content (AvgIpc) is 3.39. The molecule has 0 fully saturated rings. The van der Waals surface area contributed by atoms with Crippen molar-refractivity contribution in [3.05, 3.63) is 78.9 Å². The first-order chi connectivity index (χ1) is 14.7. The van der Waals surface area contributed by atoms with E-state index in [1.54, 1.807) is 12.5 Å². The minimum atomic E-state index is -0.0559. The van der Waals surface area contributed by atoms with Gasteiger partial charge in [-0.05, 0) is 36.0 Å². The molecule has 2 aromatic heterocycles. The van der Waals surface area contributed by atoms with E-state index in [9.17, 15) is 4.79 Å². The summed E-state index contributed by atoms with van der Waals surface area (Å²) in [4.78, 5) is 22.2. The number of benzene rings is 2. The van der Waals surface area contributed by atoms with Crippen molar-refractivity contribution >= 4 is 35.1 Å². The number of nitrogens with one attached hydrogen (secondary N) is 1. The number of hydrogen-bond acceptors (Lipinski definition) is 6. The summed E-state index contributed by atoms with van der Waals surface area (Å²) >= 11 is 3.02. The Morgan fingerprint density at radius 3 is 2.73 bits per heavy atom. The minimum Gasteiger partial charge on any atom is -0.444 e. The Kier molecular flexibility index (Phi) is 6.56. The zero-order valence-corrected chi connectivity index (χ0v) is 18.0. The van der Waals surface area contributed by atoms with E-state index in [2.05, 4.69) is 15.3 Å². The van der Waals surface area contributed by atoms with E-state index in [0.29, 0.717) is 17.4 Å². The molecule has 0 aliphatic carbocycles. The molecule has 1 amide bonds. The van der Waals surface area contributed by atoms with Gasteiger partial charge in [0.2, 0.25) is 11.8 Å². The van der Waals surface area contributed by atoms with E-state index in [-0.39, 0.29) is 5.91 Å². The zero-order chi connectivity index (χ0) is 20.8. The van der Waals surface area contributed by atoms with Crippen molar-refractivity contribution < 1.29 is 9.21 Å². The molecule has 0 saturated carbocycles. The van der Waals surface area contributed by atoms with Gasteiger partial charge in [-0.3, -0.25) is 4.79 Å². The maximum absolute atomic E-state index is 12.4. The topological polar surface area (TPSA) is 73.0 Å². The molecule has 8 heteroatoms. The molecule has 6 nitrogen and oxygen atoms in total. The van der Waals surface area contributed by atoms with Crippen LogP contribution in [0.1, 0.15) is 5.69 Å². The predicted octanol–water partition coefficient (Wildman–Crippen LogP) is 5.10. The number of aromatic nitrogens is 3. The van der Waals surface area contributed by atoms with Crippen molar-refractivity contribution in [2.45, 2.75) is 15.8 Å². The summed E-state index contributed by atoms with van der Waals surface area (Å²) in [6.07, 6.45) is 5.30. The number of imidazole rings is 1. The first-order valence-electron chi connectivity index (χ1n) is 9.30. The van der Waals surface area contributed by atoms with Crippen LogP contribution < -0.4 is 5.32 Å². The van der Waals surface area contributed by atoms with E-state index >= 15 is 0 Å². The second-order valence-electron chi connectivity index (χ2n) is 6.47. The maximum atomic E-state index is 12.4. The van der Waals surface area contributed by atoms with E-state index in [4.69, 9.17) is 4.42 Å². The molecular weight excluding hydrogens is 416 g/mol. The Labute approximate surface area is 183 Å². The standard InChI is InChI=1S/C22H20N4O2S2/c1-26-12-11-23-22(26)30-19-10-6-5-9-18(19)25-20(27)15-29-14-17-13-28-21(24-17)16-7-3-2-4-8-16/h2-13H,14-15H2,1H3,(H,25,27). The molecular formula is C22H20N4O2S2. The summed E-state index contributed by atoms with van der Waals surface area (Å²) in [5.74, 6) is 1.47. The van der Waals surface area contributed by atoms with Crippen LogP contribution in [0.5, 0.6) is 0 Å². The number of thioether (sulfide) groups is 1. The Morgan fingerprint density at radius 1 is 1.13 bits per heavy atom. The monoisotopic (exact) mass is 436 g/mol. The smallest absolute Gasteiger partial charge is 0.234 e. The van der Waals surface area contributed by atoms with Gasteiger partial charge in [-0.1, -0.05) is 30.3 Å². The number of carbonyl (C=O) groups is 1. The van der Waals surface area contributed by atoms with Gasteiger partial charge in [0.15, 0.2) is 5.16 Å². The lowest BCUT2D eigenvalue weighted by molar-refractivity contribution is -0.113. The van der Waals surface area contributed by atoms with Crippen molar-refractivity contribution in [3.8, 4) is 11.5 Å². The maximum Gasteiger partial charge on any atom is 0.234 e. The van der Waals surface area contributed by atoms with Gasteiger partial charge in [0.25, 0.3) is 0 Å². The molecule has 0 saturated heterocycles. The number of anilines is 1. The predicted molar refractivity (Wildman–Crippen MR) is 121 cm³/mol. The van der Waals surface area contributed by atoms with Crippen molar-refractivity contribution in [3.63, 3.8) is 0 Å².